The second-order valence-electron chi connectivity index (χ2n) is 5.59. The molecule has 1 N–H and O–H groups in total. The van der Waals surface area contributed by atoms with Gasteiger partial charge in [0.15, 0.2) is 11.5 Å². The molecule has 0 atom stereocenters. The fourth-order valence-corrected chi connectivity index (χ4v) is 2.45. The van der Waals surface area contributed by atoms with Gasteiger partial charge in [0.25, 0.3) is 0 Å². The molecule has 0 saturated heterocycles. The largest absolute Gasteiger partial charge is 0.494 e. The van der Waals surface area contributed by atoms with Gasteiger partial charge in [-0.2, -0.15) is 0 Å². The van der Waals surface area contributed by atoms with Gasteiger partial charge in [-0.1, -0.05) is 36.4 Å². The van der Waals surface area contributed by atoms with Gasteiger partial charge in [-0.3, -0.25) is 0 Å². The Morgan fingerprint density at radius 1 is 0.926 bits per heavy atom. The predicted octanol–water partition coefficient (Wildman–Crippen LogP) is 4.24. The Bertz CT molecular complexity index is 738. The SMILES string of the molecule is CCOc1ccc(COc2c(OC)cc(/C=C\C=C\CO)cc2OC)cc1. The first-order chi connectivity index (χ1) is 13.2. The summed E-state index contributed by atoms with van der Waals surface area (Å²) in [5.41, 5.74) is 1.92. The molecule has 0 spiro atoms. The van der Waals surface area contributed by atoms with Crippen molar-refractivity contribution in [2.45, 2.75) is 13.5 Å². The van der Waals surface area contributed by atoms with Crippen LogP contribution in [0.15, 0.2) is 54.6 Å². The van der Waals surface area contributed by atoms with Crippen LogP contribution in [0.4, 0.5) is 0 Å². The maximum absolute atomic E-state index is 8.77. The van der Waals surface area contributed by atoms with E-state index in [9.17, 15) is 0 Å². The Balaban J connectivity index is 2.17. The van der Waals surface area contributed by atoms with Crippen molar-refractivity contribution in [3.8, 4) is 23.0 Å². The van der Waals surface area contributed by atoms with Crippen molar-refractivity contribution in [3.05, 3.63) is 65.8 Å². The smallest absolute Gasteiger partial charge is 0.203 e. The Morgan fingerprint density at radius 2 is 1.59 bits per heavy atom. The zero-order valence-electron chi connectivity index (χ0n) is 16.0. The number of aliphatic hydroxyl groups excluding tert-OH is 1. The van der Waals surface area contributed by atoms with E-state index in [1.54, 1.807) is 26.4 Å². The lowest BCUT2D eigenvalue weighted by Crippen LogP contribution is -2.01. The molecule has 2 aromatic rings. The van der Waals surface area contributed by atoms with E-state index in [4.69, 9.17) is 24.1 Å². The zero-order chi connectivity index (χ0) is 19.5. The molecule has 0 aliphatic carbocycles. The van der Waals surface area contributed by atoms with Gasteiger partial charge < -0.3 is 24.1 Å². The van der Waals surface area contributed by atoms with Gasteiger partial charge in [0, 0.05) is 0 Å². The lowest BCUT2D eigenvalue weighted by atomic mass is 10.1. The Kier molecular flexibility index (Phi) is 8.26. The summed E-state index contributed by atoms with van der Waals surface area (Å²) in [5.74, 6) is 2.57. The zero-order valence-corrected chi connectivity index (χ0v) is 16.0. The van der Waals surface area contributed by atoms with Crippen LogP contribution < -0.4 is 18.9 Å². The Labute approximate surface area is 160 Å². The fraction of sp³-hybridized carbons (Fsp3) is 0.273. The van der Waals surface area contributed by atoms with Gasteiger partial charge in [-0.15, -0.1) is 0 Å². The molecular weight excluding hydrogens is 344 g/mol. The lowest BCUT2D eigenvalue weighted by molar-refractivity contribution is 0.265. The first-order valence-corrected chi connectivity index (χ1v) is 8.76. The summed E-state index contributed by atoms with van der Waals surface area (Å²) in [6.07, 6.45) is 7.16. The molecule has 2 aromatic carbocycles. The van der Waals surface area contributed by atoms with E-state index >= 15 is 0 Å². The molecule has 0 fully saturated rings. The second kappa shape index (κ2) is 10.9. The van der Waals surface area contributed by atoms with Crippen LogP contribution in [0.5, 0.6) is 23.0 Å². The number of methoxy groups -OCH3 is 2. The summed E-state index contributed by atoms with van der Waals surface area (Å²) in [6.45, 7) is 2.99. The highest BCUT2D eigenvalue weighted by Crippen LogP contribution is 2.39. The van der Waals surface area contributed by atoms with Crippen molar-refractivity contribution in [3.63, 3.8) is 0 Å². The maximum Gasteiger partial charge on any atom is 0.203 e. The molecule has 144 valence electrons. The van der Waals surface area contributed by atoms with E-state index in [1.807, 2.05) is 55.5 Å². The first-order valence-electron chi connectivity index (χ1n) is 8.76. The molecule has 0 radical (unpaired) electrons. The Morgan fingerprint density at radius 3 is 2.15 bits per heavy atom. The van der Waals surface area contributed by atoms with Crippen molar-refractivity contribution >= 4 is 6.08 Å². The minimum atomic E-state index is 0.00923. The van der Waals surface area contributed by atoms with Crippen LogP contribution in [0.25, 0.3) is 6.08 Å². The van der Waals surface area contributed by atoms with E-state index in [1.165, 1.54) is 0 Å². The second-order valence-corrected chi connectivity index (χ2v) is 5.59. The highest BCUT2D eigenvalue weighted by Gasteiger charge is 2.13. The first kappa shape index (κ1) is 20.4. The molecule has 27 heavy (non-hydrogen) atoms. The average molecular weight is 370 g/mol. The van der Waals surface area contributed by atoms with Gasteiger partial charge >= 0.3 is 0 Å². The number of rotatable bonds is 10. The van der Waals surface area contributed by atoms with Gasteiger partial charge in [0.2, 0.25) is 5.75 Å². The van der Waals surface area contributed by atoms with Crippen LogP contribution in [0, 0.1) is 0 Å². The molecule has 2 rings (SSSR count). The molecule has 0 saturated carbocycles. The monoisotopic (exact) mass is 370 g/mol. The normalized spacial score (nSPS) is 11.1. The third-order valence-electron chi connectivity index (χ3n) is 3.74. The summed E-state index contributed by atoms with van der Waals surface area (Å²) in [4.78, 5) is 0. The van der Waals surface area contributed by atoms with Gasteiger partial charge in [-0.05, 0) is 42.3 Å². The number of hydrogen-bond donors (Lipinski definition) is 1. The molecule has 0 aliphatic rings. The van der Waals surface area contributed by atoms with Crippen LogP contribution >= 0.6 is 0 Å². The summed E-state index contributed by atoms with van der Waals surface area (Å²) < 4.78 is 22.4. The molecule has 0 heterocycles. The van der Waals surface area contributed by atoms with E-state index < -0.39 is 0 Å². The molecule has 0 aromatic heterocycles. The van der Waals surface area contributed by atoms with Crippen molar-refractivity contribution < 1.29 is 24.1 Å². The van der Waals surface area contributed by atoms with E-state index in [2.05, 4.69) is 0 Å². The molecule has 5 heteroatoms. The topological polar surface area (TPSA) is 57.2 Å². The number of allylic oxidation sites excluding steroid dienone is 2. The molecule has 5 nitrogen and oxygen atoms in total. The average Bonchev–Trinajstić information content (AvgIpc) is 2.70. The van der Waals surface area contributed by atoms with Crippen molar-refractivity contribution in [2.24, 2.45) is 0 Å². The summed E-state index contributed by atoms with van der Waals surface area (Å²) >= 11 is 0. The quantitative estimate of drug-likeness (QED) is 0.634. The van der Waals surface area contributed by atoms with Gasteiger partial charge in [0.05, 0.1) is 27.4 Å². The van der Waals surface area contributed by atoms with Crippen LogP contribution in [0.2, 0.25) is 0 Å². The minimum absolute atomic E-state index is 0.00923. The van der Waals surface area contributed by atoms with E-state index in [0.29, 0.717) is 30.5 Å². The van der Waals surface area contributed by atoms with Crippen molar-refractivity contribution in [1.82, 2.24) is 0 Å². The van der Waals surface area contributed by atoms with Crippen LogP contribution in [0.3, 0.4) is 0 Å². The fourth-order valence-electron chi connectivity index (χ4n) is 2.45. The molecule has 0 unspecified atom stereocenters. The van der Waals surface area contributed by atoms with Gasteiger partial charge in [0.1, 0.15) is 12.4 Å². The highest BCUT2D eigenvalue weighted by atomic mass is 16.5. The molecular formula is C22H26O5. The van der Waals surface area contributed by atoms with Crippen LogP contribution in [-0.4, -0.2) is 32.5 Å². The number of benzene rings is 2. The Hall–Kier alpha value is -2.92. The van der Waals surface area contributed by atoms with Crippen molar-refractivity contribution in [2.75, 3.05) is 27.4 Å². The van der Waals surface area contributed by atoms with E-state index in [0.717, 1.165) is 16.9 Å². The standard InChI is InChI=1S/C22H26O5/c1-4-26-19-11-9-17(10-12-19)16-27-22-20(24-2)14-18(15-21(22)25-3)8-6-5-7-13-23/h5-12,14-15,23H,4,13,16H2,1-3H3/b7-5+,8-6-. The molecule has 0 bridgehead atoms. The number of hydrogen-bond acceptors (Lipinski definition) is 5. The van der Waals surface area contributed by atoms with Crippen LogP contribution in [-0.2, 0) is 6.61 Å². The predicted molar refractivity (Wildman–Crippen MR) is 107 cm³/mol. The molecule has 0 aliphatic heterocycles. The summed E-state index contributed by atoms with van der Waals surface area (Å²) in [5, 5.41) is 8.77. The van der Waals surface area contributed by atoms with Crippen molar-refractivity contribution in [1.29, 1.82) is 0 Å². The highest BCUT2D eigenvalue weighted by molar-refractivity contribution is 5.62. The maximum atomic E-state index is 8.77. The minimum Gasteiger partial charge on any atom is -0.494 e. The number of ether oxygens (including phenoxy) is 4. The summed E-state index contributed by atoms with van der Waals surface area (Å²) in [7, 11) is 3.19. The molecule has 0 amide bonds. The lowest BCUT2D eigenvalue weighted by Gasteiger charge is -2.15. The number of aliphatic hydroxyl groups is 1. The van der Waals surface area contributed by atoms with Gasteiger partial charge in [-0.25, -0.2) is 0 Å². The third kappa shape index (κ3) is 6.08. The summed E-state index contributed by atoms with van der Waals surface area (Å²) in [6, 6.07) is 11.5. The van der Waals surface area contributed by atoms with E-state index in [-0.39, 0.29) is 6.61 Å². The third-order valence-corrected chi connectivity index (χ3v) is 3.74. The van der Waals surface area contributed by atoms with Crippen LogP contribution in [0.1, 0.15) is 18.1 Å².